The summed E-state index contributed by atoms with van der Waals surface area (Å²) in [6, 6.07) is 20.7. The highest BCUT2D eigenvalue weighted by Crippen LogP contribution is 2.69. The van der Waals surface area contributed by atoms with Crippen molar-refractivity contribution in [3.05, 3.63) is 94.8 Å². The molecule has 3 aromatic carbocycles. The number of carbonyl (C=O) groups is 1. The first kappa shape index (κ1) is 21.2. The SMILES string of the molecule is COC(=O)N1CC2C(c3ccccc3)C2(c2cc(C=N)c(Nc3ccc(F)cc3)cc2C)C1. The van der Waals surface area contributed by atoms with Crippen LogP contribution in [0.4, 0.5) is 20.6 Å². The molecule has 3 atom stereocenters. The molecule has 1 saturated heterocycles. The zero-order chi connectivity index (χ0) is 23.2. The highest BCUT2D eigenvalue weighted by molar-refractivity contribution is 5.88. The number of benzene rings is 3. The van der Waals surface area contributed by atoms with Crippen molar-refractivity contribution in [3.63, 3.8) is 0 Å². The third-order valence-electron chi connectivity index (χ3n) is 7.15. The van der Waals surface area contributed by atoms with Crippen molar-refractivity contribution in [2.24, 2.45) is 5.92 Å². The summed E-state index contributed by atoms with van der Waals surface area (Å²) in [5, 5.41) is 11.4. The third-order valence-corrected chi connectivity index (χ3v) is 7.15. The van der Waals surface area contributed by atoms with Crippen LogP contribution in [0, 0.1) is 24.1 Å². The third kappa shape index (κ3) is 3.46. The van der Waals surface area contributed by atoms with Crippen molar-refractivity contribution in [1.82, 2.24) is 4.90 Å². The Labute approximate surface area is 192 Å². The van der Waals surface area contributed by atoms with Crippen LogP contribution < -0.4 is 5.32 Å². The van der Waals surface area contributed by atoms with E-state index in [0.717, 1.165) is 28.1 Å². The molecular formula is C27H26FN3O2. The second-order valence-corrected chi connectivity index (χ2v) is 8.92. The van der Waals surface area contributed by atoms with E-state index in [-0.39, 0.29) is 17.3 Å². The van der Waals surface area contributed by atoms with Gasteiger partial charge in [0.05, 0.1) is 7.11 Å². The first-order valence-electron chi connectivity index (χ1n) is 11.0. The minimum absolute atomic E-state index is 0.203. The van der Waals surface area contributed by atoms with Gasteiger partial charge in [-0.05, 0) is 65.9 Å². The van der Waals surface area contributed by atoms with Gasteiger partial charge in [-0.1, -0.05) is 30.3 Å². The molecule has 1 amide bonds. The monoisotopic (exact) mass is 443 g/mol. The molecule has 1 saturated carbocycles. The Morgan fingerprint density at radius 1 is 1.18 bits per heavy atom. The fourth-order valence-corrected chi connectivity index (χ4v) is 5.67. The number of nitrogens with one attached hydrogen (secondary N) is 2. The van der Waals surface area contributed by atoms with Crippen molar-refractivity contribution in [3.8, 4) is 0 Å². The summed E-state index contributed by atoms with van der Waals surface area (Å²) in [5.74, 6) is 0.321. The minimum Gasteiger partial charge on any atom is -0.453 e. The van der Waals surface area contributed by atoms with E-state index in [9.17, 15) is 9.18 Å². The Morgan fingerprint density at radius 2 is 1.91 bits per heavy atom. The highest BCUT2D eigenvalue weighted by Gasteiger charge is 2.71. The number of fused-ring (bicyclic) bond motifs is 1. The van der Waals surface area contributed by atoms with Gasteiger partial charge in [0.1, 0.15) is 5.82 Å². The molecular weight excluding hydrogens is 417 g/mol. The molecule has 2 aliphatic rings. The molecule has 1 aliphatic heterocycles. The number of likely N-dealkylation sites (tertiary alicyclic amines) is 1. The van der Waals surface area contributed by atoms with Crippen LogP contribution in [-0.2, 0) is 10.2 Å². The average Bonchev–Trinajstić information content (AvgIpc) is 3.29. The number of amides is 1. The number of anilines is 2. The molecule has 2 fully saturated rings. The van der Waals surface area contributed by atoms with Crippen molar-refractivity contribution in [2.75, 3.05) is 25.5 Å². The second kappa shape index (κ2) is 8.03. The zero-order valence-electron chi connectivity index (χ0n) is 18.6. The van der Waals surface area contributed by atoms with Crippen LogP contribution in [0.3, 0.4) is 0 Å². The number of nitrogens with zero attached hydrogens (tertiary/aromatic N) is 1. The molecule has 0 spiro atoms. The van der Waals surface area contributed by atoms with E-state index in [2.05, 4.69) is 42.6 Å². The minimum atomic E-state index is -0.298. The number of carbonyl (C=O) groups excluding carboxylic acids is 1. The molecule has 168 valence electrons. The number of aryl methyl sites for hydroxylation is 1. The lowest BCUT2D eigenvalue weighted by atomic mass is 9.86. The normalized spacial score (nSPS) is 23.1. The van der Waals surface area contributed by atoms with Crippen LogP contribution in [0.25, 0.3) is 0 Å². The largest absolute Gasteiger partial charge is 0.453 e. The predicted molar refractivity (Wildman–Crippen MR) is 127 cm³/mol. The van der Waals surface area contributed by atoms with E-state index < -0.39 is 0 Å². The van der Waals surface area contributed by atoms with Crippen LogP contribution in [0.2, 0.25) is 0 Å². The molecule has 0 radical (unpaired) electrons. The van der Waals surface area contributed by atoms with Gasteiger partial charge < -0.3 is 20.4 Å². The van der Waals surface area contributed by atoms with Crippen LogP contribution in [-0.4, -0.2) is 37.4 Å². The van der Waals surface area contributed by atoms with Gasteiger partial charge >= 0.3 is 6.09 Å². The quantitative estimate of drug-likeness (QED) is 0.504. The van der Waals surface area contributed by atoms with Crippen LogP contribution in [0.1, 0.15) is 28.2 Å². The molecule has 1 aliphatic carbocycles. The Morgan fingerprint density at radius 3 is 2.58 bits per heavy atom. The van der Waals surface area contributed by atoms with Gasteiger partial charge in [-0.3, -0.25) is 0 Å². The molecule has 6 heteroatoms. The zero-order valence-corrected chi connectivity index (χ0v) is 18.6. The number of halogens is 1. The van der Waals surface area contributed by atoms with E-state index in [4.69, 9.17) is 10.1 Å². The lowest BCUT2D eigenvalue weighted by Crippen LogP contribution is -2.34. The number of hydrogen-bond acceptors (Lipinski definition) is 4. The summed E-state index contributed by atoms with van der Waals surface area (Å²) in [7, 11) is 1.42. The van der Waals surface area contributed by atoms with Crippen LogP contribution in [0.15, 0.2) is 66.7 Å². The standard InChI is InChI=1S/C27H26FN3O2/c1-17-12-24(30-21-10-8-20(28)9-11-21)19(14-29)13-22(17)27-16-31(26(32)33-2)15-23(27)25(27)18-6-4-3-5-7-18/h3-14,23,25,29-30H,15-16H2,1-2H3. The first-order chi connectivity index (χ1) is 16.0. The highest BCUT2D eigenvalue weighted by atomic mass is 19.1. The molecule has 3 aromatic rings. The molecule has 33 heavy (non-hydrogen) atoms. The molecule has 5 nitrogen and oxygen atoms in total. The van der Waals surface area contributed by atoms with Gasteiger partial charge in [0, 0.05) is 47.6 Å². The van der Waals surface area contributed by atoms with Crippen LogP contribution in [0.5, 0.6) is 0 Å². The molecule has 2 N–H and O–H groups in total. The number of hydrogen-bond donors (Lipinski definition) is 2. The van der Waals surface area contributed by atoms with E-state index in [1.54, 1.807) is 17.0 Å². The summed E-state index contributed by atoms with van der Waals surface area (Å²) in [5.41, 5.74) is 5.64. The fourth-order valence-electron chi connectivity index (χ4n) is 5.67. The lowest BCUT2D eigenvalue weighted by molar-refractivity contribution is 0.127. The smallest absolute Gasteiger partial charge is 0.409 e. The predicted octanol–water partition coefficient (Wildman–Crippen LogP) is 5.61. The van der Waals surface area contributed by atoms with Gasteiger partial charge in [0.25, 0.3) is 0 Å². The van der Waals surface area contributed by atoms with Gasteiger partial charge in [-0.2, -0.15) is 0 Å². The molecule has 3 unspecified atom stereocenters. The van der Waals surface area contributed by atoms with E-state index in [1.807, 2.05) is 12.1 Å². The lowest BCUT2D eigenvalue weighted by Gasteiger charge is -2.25. The number of rotatable bonds is 5. The summed E-state index contributed by atoms with van der Waals surface area (Å²) in [4.78, 5) is 14.1. The maximum Gasteiger partial charge on any atom is 0.409 e. The maximum absolute atomic E-state index is 13.3. The fraction of sp³-hybridized carbons (Fsp3) is 0.259. The average molecular weight is 444 g/mol. The van der Waals surface area contributed by atoms with Gasteiger partial charge in [-0.15, -0.1) is 0 Å². The second-order valence-electron chi connectivity index (χ2n) is 8.92. The van der Waals surface area contributed by atoms with Crippen molar-refractivity contribution in [2.45, 2.75) is 18.3 Å². The molecule has 0 aromatic heterocycles. The molecule has 0 bridgehead atoms. The van der Waals surface area contributed by atoms with Crippen molar-refractivity contribution in [1.29, 1.82) is 5.41 Å². The maximum atomic E-state index is 13.3. The molecule has 5 rings (SSSR count). The summed E-state index contributed by atoms with van der Waals surface area (Å²) < 4.78 is 18.3. The summed E-state index contributed by atoms with van der Waals surface area (Å²) in [6.07, 6.45) is 1.04. The Hall–Kier alpha value is -3.67. The summed E-state index contributed by atoms with van der Waals surface area (Å²) >= 11 is 0. The van der Waals surface area contributed by atoms with Gasteiger partial charge in [0.2, 0.25) is 0 Å². The van der Waals surface area contributed by atoms with Gasteiger partial charge in [0.15, 0.2) is 0 Å². The topological polar surface area (TPSA) is 65.4 Å². The number of ether oxygens (including phenoxy) is 1. The van der Waals surface area contributed by atoms with Crippen molar-refractivity contribution < 1.29 is 13.9 Å². The first-order valence-corrected chi connectivity index (χ1v) is 11.0. The number of methoxy groups -OCH3 is 1. The van der Waals surface area contributed by atoms with E-state index in [1.165, 1.54) is 31.0 Å². The Balaban J connectivity index is 1.55. The Bertz CT molecular complexity index is 1210. The summed E-state index contributed by atoms with van der Waals surface area (Å²) in [6.45, 7) is 3.32. The van der Waals surface area contributed by atoms with E-state index in [0.29, 0.717) is 24.9 Å². The van der Waals surface area contributed by atoms with Crippen LogP contribution >= 0.6 is 0 Å². The van der Waals surface area contributed by atoms with Gasteiger partial charge in [-0.25, -0.2) is 9.18 Å². The van der Waals surface area contributed by atoms with E-state index >= 15 is 0 Å². The van der Waals surface area contributed by atoms with Crippen molar-refractivity contribution >= 4 is 23.7 Å². The molecule has 1 heterocycles. The Kier molecular flexibility index (Phi) is 5.16. The number of piperidine rings is 1.